The van der Waals surface area contributed by atoms with E-state index in [0.29, 0.717) is 12.1 Å². The Bertz CT molecular complexity index is 562. The maximum atomic E-state index is 13.7. The molecule has 0 aliphatic carbocycles. The Morgan fingerprint density at radius 2 is 1.79 bits per heavy atom. The number of carbonyl (C=O) groups is 2. The second kappa shape index (κ2) is 4.56. The number of anilines is 1. The molecule has 1 saturated heterocycles. The van der Waals surface area contributed by atoms with Gasteiger partial charge in [0.2, 0.25) is 11.8 Å². The molecule has 4 nitrogen and oxygen atoms in total. The number of hydrogen-bond acceptors (Lipinski definition) is 2. The molecule has 1 aromatic carbocycles. The SMILES string of the molecule is CC1NC(=O)C(C)N(c2cc(F)cc(F)c2F)C1=O. The number of nitrogens with zero attached hydrogens (tertiary/aromatic N) is 1. The molecule has 19 heavy (non-hydrogen) atoms. The highest BCUT2D eigenvalue weighted by molar-refractivity contribution is 6.08. The Kier molecular flexibility index (Phi) is 3.21. The number of piperazine rings is 1. The number of amides is 2. The van der Waals surface area contributed by atoms with E-state index in [4.69, 9.17) is 0 Å². The van der Waals surface area contributed by atoms with Crippen LogP contribution in [0.4, 0.5) is 18.9 Å². The molecule has 2 unspecified atom stereocenters. The highest BCUT2D eigenvalue weighted by Gasteiger charge is 2.38. The van der Waals surface area contributed by atoms with Gasteiger partial charge in [0.1, 0.15) is 17.9 Å². The molecule has 2 amide bonds. The Morgan fingerprint density at radius 3 is 2.42 bits per heavy atom. The normalized spacial score (nSPS) is 23.5. The van der Waals surface area contributed by atoms with Gasteiger partial charge in [-0.15, -0.1) is 0 Å². The van der Waals surface area contributed by atoms with Crippen LogP contribution in [0.2, 0.25) is 0 Å². The average Bonchev–Trinajstić information content (AvgIpc) is 2.33. The molecule has 7 heteroatoms. The molecule has 1 aliphatic heterocycles. The zero-order valence-electron chi connectivity index (χ0n) is 10.2. The van der Waals surface area contributed by atoms with E-state index in [-0.39, 0.29) is 0 Å². The fourth-order valence-corrected chi connectivity index (χ4v) is 1.96. The summed E-state index contributed by atoms with van der Waals surface area (Å²) >= 11 is 0. The minimum absolute atomic E-state index is 0.376. The molecule has 0 radical (unpaired) electrons. The lowest BCUT2D eigenvalue weighted by atomic mass is 10.1. The topological polar surface area (TPSA) is 49.4 Å². The number of rotatable bonds is 1. The molecule has 1 fully saturated rings. The molecule has 1 aromatic rings. The van der Waals surface area contributed by atoms with E-state index in [1.807, 2.05) is 0 Å². The first-order valence-electron chi connectivity index (χ1n) is 5.61. The van der Waals surface area contributed by atoms with Gasteiger partial charge in [0.05, 0.1) is 5.69 Å². The van der Waals surface area contributed by atoms with Gasteiger partial charge in [-0.05, 0) is 13.8 Å². The second-order valence-corrected chi connectivity index (χ2v) is 4.34. The fourth-order valence-electron chi connectivity index (χ4n) is 1.96. The number of nitrogens with one attached hydrogen (secondary N) is 1. The van der Waals surface area contributed by atoms with Gasteiger partial charge in [-0.25, -0.2) is 13.2 Å². The van der Waals surface area contributed by atoms with Crippen LogP contribution in [0.25, 0.3) is 0 Å². The van der Waals surface area contributed by atoms with Gasteiger partial charge >= 0.3 is 0 Å². The minimum atomic E-state index is -1.41. The summed E-state index contributed by atoms with van der Waals surface area (Å²) in [6, 6.07) is -0.853. The van der Waals surface area contributed by atoms with Crippen molar-refractivity contribution >= 4 is 17.5 Å². The van der Waals surface area contributed by atoms with Crippen LogP contribution in [0.5, 0.6) is 0 Å². The molecular weight excluding hydrogens is 261 g/mol. The van der Waals surface area contributed by atoms with E-state index in [0.717, 1.165) is 4.90 Å². The maximum absolute atomic E-state index is 13.7. The van der Waals surface area contributed by atoms with Crippen molar-refractivity contribution in [2.24, 2.45) is 0 Å². The Balaban J connectivity index is 2.55. The molecule has 1 N–H and O–H groups in total. The summed E-state index contributed by atoms with van der Waals surface area (Å²) in [7, 11) is 0. The standard InChI is InChI=1S/C12H11F3N2O2/c1-5-12(19)17(6(2)11(18)16-5)9-4-7(13)3-8(14)10(9)15/h3-6H,1-2H3,(H,16,18). The molecule has 1 heterocycles. The first-order chi connectivity index (χ1) is 8.82. The van der Waals surface area contributed by atoms with Crippen LogP contribution >= 0.6 is 0 Å². The predicted octanol–water partition coefficient (Wildman–Crippen LogP) is 1.34. The number of benzene rings is 1. The van der Waals surface area contributed by atoms with Gasteiger partial charge in [0.15, 0.2) is 11.6 Å². The van der Waals surface area contributed by atoms with E-state index < -0.39 is 47.0 Å². The summed E-state index contributed by atoms with van der Waals surface area (Å²) in [5, 5.41) is 2.39. The summed E-state index contributed by atoms with van der Waals surface area (Å²) in [6.07, 6.45) is 0. The lowest BCUT2D eigenvalue weighted by Gasteiger charge is -2.36. The van der Waals surface area contributed by atoms with Crippen molar-refractivity contribution in [3.63, 3.8) is 0 Å². The minimum Gasteiger partial charge on any atom is -0.343 e. The Morgan fingerprint density at radius 1 is 1.16 bits per heavy atom. The zero-order valence-corrected chi connectivity index (χ0v) is 10.2. The van der Waals surface area contributed by atoms with Gasteiger partial charge in [-0.2, -0.15) is 0 Å². The monoisotopic (exact) mass is 272 g/mol. The molecular formula is C12H11F3N2O2. The summed E-state index contributed by atoms with van der Waals surface area (Å²) in [5.41, 5.74) is -0.572. The van der Waals surface area contributed by atoms with Crippen LogP contribution in [0.15, 0.2) is 12.1 Å². The van der Waals surface area contributed by atoms with Gasteiger partial charge in [-0.1, -0.05) is 0 Å². The third-order valence-corrected chi connectivity index (χ3v) is 2.97. The first kappa shape index (κ1) is 13.4. The van der Waals surface area contributed by atoms with Gasteiger partial charge in [0, 0.05) is 12.1 Å². The average molecular weight is 272 g/mol. The largest absolute Gasteiger partial charge is 0.343 e. The smallest absolute Gasteiger partial charge is 0.250 e. The van der Waals surface area contributed by atoms with Crippen LogP contribution in [0.3, 0.4) is 0 Å². The molecule has 2 rings (SSSR count). The van der Waals surface area contributed by atoms with Crippen molar-refractivity contribution in [1.82, 2.24) is 5.32 Å². The van der Waals surface area contributed by atoms with Crippen LogP contribution in [-0.2, 0) is 9.59 Å². The molecule has 0 saturated carbocycles. The van der Waals surface area contributed by atoms with Gasteiger partial charge in [-0.3, -0.25) is 14.5 Å². The van der Waals surface area contributed by atoms with Crippen molar-refractivity contribution in [2.75, 3.05) is 4.90 Å². The maximum Gasteiger partial charge on any atom is 0.250 e. The van der Waals surface area contributed by atoms with Crippen molar-refractivity contribution < 1.29 is 22.8 Å². The van der Waals surface area contributed by atoms with Crippen molar-refractivity contribution in [2.45, 2.75) is 25.9 Å². The van der Waals surface area contributed by atoms with Crippen LogP contribution < -0.4 is 10.2 Å². The van der Waals surface area contributed by atoms with Crippen molar-refractivity contribution in [3.05, 3.63) is 29.6 Å². The summed E-state index contributed by atoms with van der Waals surface area (Å²) in [6.45, 7) is 2.76. The fraction of sp³-hybridized carbons (Fsp3) is 0.333. The molecule has 102 valence electrons. The lowest BCUT2D eigenvalue weighted by Crippen LogP contribution is -2.62. The molecule has 0 bridgehead atoms. The predicted molar refractivity (Wildman–Crippen MR) is 60.9 cm³/mol. The number of halogens is 3. The van der Waals surface area contributed by atoms with Gasteiger partial charge < -0.3 is 5.32 Å². The number of carbonyl (C=O) groups excluding carboxylic acids is 2. The van der Waals surface area contributed by atoms with E-state index in [1.165, 1.54) is 13.8 Å². The number of hydrogen-bond donors (Lipinski definition) is 1. The van der Waals surface area contributed by atoms with E-state index in [9.17, 15) is 22.8 Å². The summed E-state index contributed by atoms with van der Waals surface area (Å²) in [5.74, 6) is -4.93. The third kappa shape index (κ3) is 2.16. The van der Waals surface area contributed by atoms with Gasteiger partial charge in [0.25, 0.3) is 0 Å². The zero-order chi connectivity index (χ0) is 14.3. The quantitative estimate of drug-likeness (QED) is 0.784. The molecule has 2 atom stereocenters. The van der Waals surface area contributed by atoms with E-state index >= 15 is 0 Å². The Labute approximate surface area is 107 Å². The first-order valence-corrected chi connectivity index (χ1v) is 5.61. The second-order valence-electron chi connectivity index (χ2n) is 4.34. The summed E-state index contributed by atoms with van der Waals surface area (Å²) < 4.78 is 40.1. The van der Waals surface area contributed by atoms with Crippen LogP contribution in [0, 0.1) is 17.5 Å². The summed E-state index contributed by atoms with van der Waals surface area (Å²) in [4.78, 5) is 24.3. The molecule has 0 spiro atoms. The molecule has 1 aliphatic rings. The van der Waals surface area contributed by atoms with E-state index in [2.05, 4.69) is 5.32 Å². The Hall–Kier alpha value is -2.05. The highest BCUT2D eigenvalue weighted by atomic mass is 19.2. The van der Waals surface area contributed by atoms with E-state index in [1.54, 1.807) is 0 Å². The van der Waals surface area contributed by atoms with Crippen molar-refractivity contribution in [1.29, 1.82) is 0 Å². The molecule has 0 aromatic heterocycles. The van der Waals surface area contributed by atoms with Crippen molar-refractivity contribution in [3.8, 4) is 0 Å². The van der Waals surface area contributed by atoms with Crippen LogP contribution in [0.1, 0.15) is 13.8 Å². The third-order valence-electron chi connectivity index (χ3n) is 2.97. The highest BCUT2D eigenvalue weighted by Crippen LogP contribution is 2.27. The van der Waals surface area contributed by atoms with Crippen LogP contribution in [-0.4, -0.2) is 23.9 Å². The lowest BCUT2D eigenvalue weighted by molar-refractivity contribution is -0.133.